The maximum atomic E-state index is 9.77. The zero-order valence-electron chi connectivity index (χ0n) is 3.62. The molecule has 0 radical (unpaired) electrons. The molecular formula is C3H5O3S-. The van der Waals surface area contributed by atoms with Gasteiger partial charge in [-0.15, -0.1) is 0 Å². The van der Waals surface area contributed by atoms with Crippen molar-refractivity contribution in [3.63, 3.8) is 0 Å². The highest BCUT2D eigenvalue weighted by atomic mass is 32.2. The second kappa shape index (κ2) is 1.90. The van der Waals surface area contributed by atoms with Crippen molar-refractivity contribution in [1.29, 1.82) is 0 Å². The summed E-state index contributed by atoms with van der Waals surface area (Å²) >= 11 is -1.91. The molecule has 0 N–H and O–H groups in total. The fraction of sp³-hybridized carbons (Fsp3) is 1.00. The molecule has 3 nitrogen and oxygen atoms in total. The van der Waals surface area contributed by atoms with Crippen LogP contribution < -0.4 is 0 Å². The van der Waals surface area contributed by atoms with Gasteiger partial charge in [0.05, 0.1) is 12.7 Å². The minimum Gasteiger partial charge on any atom is -0.772 e. The van der Waals surface area contributed by atoms with Crippen molar-refractivity contribution in [2.45, 2.75) is 6.10 Å². The molecule has 0 amide bonds. The summed E-state index contributed by atoms with van der Waals surface area (Å²) in [5.41, 5.74) is 0. The molecule has 42 valence electrons. The second-order valence-corrected chi connectivity index (χ2v) is 2.37. The minimum absolute atomic E-state index is 0.0123. The zero-order valence-corrected chi connectivity index (χ0v) is 4.44. The van der Waals surface area contributed by atoms with Crippen LogP contribution in [0.3, 0.4) is 0 Å². The van der Waals surface area contributed by atoms with Crippen LogP contribution in [-0.4, -0.2) is 27.2 Å². The summed E-state index contributed by atoms with van der Waals surface area (Å²) < 4.78 is 24.2. The Morgan fingerprint density at radius 2 is 2.57 bits per heavy atom. The average Bonchev–Trinajstić information content (AvgIpc) is 2.17. The fourth-order valence-corrected chi connectivity index (χ4v) is 0.812. The Morgan fingerprint density at radius 3 is 2.71 bits per heavy atom. The van der Waals surface area contributed by atoms with Crippen LogP contribution in [-0.2, 0) is 15.8 Å². The lowest BCUT2D eigenvalue weighted by Crippen LogP contribution is -2.01. The van der Waals surface area contributed by atoms with Crippen LogP contribution in [0.5, 0.6) is 0 Å². The largest absolute Gasteiger partial charge is 0.772 e. The molecule has 1 rings (SSSR count). The number of rotatable bonds is 2. The molecular weight excluding hydrogens is 116 g/mol. The molecule has 1 fully saturated rings. The molecule has 0 aromatic heterocycles. The third kappa shape index (κ3) is 2.01. The van der Waals surface area contributed by atoms with E-state index in [9.17, 15) is 8.76 Å². The van der Waals surface area contributed by atoms with Gasteiger partial charge in [0.25, 0.3) is 0 Å². The van der Waals surface area contributed by atoms with E-state index in [0.29, 0.717) is 6.61 Å². The molecule has 0 aliphatic carbocycles. The van der Waals surface area contributed by atoms with Crippen LogP contribution in [0, 0.1) is 0 Å². The van der Waals surface area contributed by atoms with Gasteiger partial charge in [-0.3, -0.25) is 4.21 Å². The highest BCUT2D eigenvalue weighted by Crippen LogP contribution is 2.08. The van der Waals surface area contributed by atoms with Crippen molar-refractivity contribution in [2.75, 3.05) is 12.4 Å². The van der Waals surface area contributed by atoms with E-state index in [-0.39, 0.29) is 11.9 Å². The smallest absolute Gasteiger partial charge is 0.0913 e. The Hall–Kier alpha value is 0.0700. The Bertz CT molecular complexity index is 88.2. The quantitative estimate of drug-likeness (QED) is 0.357. The third-order valence-electron chi connectivity index (χ3n) is 0.724. The van der Waals surface area contributed by atoms with Crippen molar-refractivity contribution in [3.05, 3.63) is 0 Å². The molecule has 4 heteroatoms. The maximum Gasteiger partial charge on any atom is 0.0913 e. The summed E-state index contributed by atoms with van der Waals surface area (Å²) in [4.78, 5) is 0. The number of ether oxygens (including phenoxy) is 1. The molecule has 1 saturated heterocycles. The van der Waals surface area contributed by atoms with Gasteiger partial charge in [-0.05, 0) is 0 Å². The number of hydrogen-bond donors (Lipinski definition) is 0. The average molecular weight is 121 g/mol. The van der Waals surface area contributed by atoms with Crippen molar-refractivity contribution >= 4 is 11.1 Å². The van der Waals surface area contributed by atoms with Crippen LogP contribution in [0.2, 0.25) is 0 Å². The molecule has 0 spiro atoms. The monoisotopic (exact) mass is 121 g/mol. The van der Waals surface area contributed by atoms with Crippen molar-refractivity contribution in [2.24, 2.45) is 0 Å². The second-order valence-electron chi connectivity index (χ2n) is 1.43. The standard InChI is InChI=1S/C3H6O3S/c4-7(5)2-3-1-6-3/h3H,1-2H2,(H,4,5)/p-1. The van der Waals surface area contributed by atoms with E-state index in [1.165, 1.54) is 0 Å². The van der Waals surface area contributed by atoms with Gasteiger partial charge in [-0.25, -0.2) is 0 Å². The van der Waals surface area contributed by atoms with E-state index in [1.54, 1.807) is 0 Å². The highest BCUT2D eigenvalue weighted by molar-refractivity contribution is 7.79. The first kappa shape index (κ1) is 5.21. The van der Waals surface area contributed by atoms with Gasteiger partial charge in [-0.2, -0.15) is 0 Å². The van der Waals surface area contributed by atoms with Crippen molar-refractivity contribution in [1.82, 2.24) is 0 Å². The van der Waals surface area contributed by atoms with E-state index >= 15 is 0 Å². The summed E-state index contributed by atoms with van der Waals surface area (Å²) in [5.74, 6) is 0.167. The van der Waals surface area contributed by atoms with E-state index < -0.39 is 11.1 Å². The summed E-state index contributed by atoms with van der Waals surface area (Å²) in [6.45, 7) is 0.619. The summed E-state index contributed by atoms with van der Waals surface area (Å²) in [6, 6.07) is 0. The summed E-state index contributed by atoms with van der Waals surface area (Å²) in [7, 11) is 0. The molecule has 0 saturated carbocycles. The van der Waals surface area contributed by atoms with E-state index in [1.807, 2.05) is 0 Å². The van der Waals surface area contributed by atoms with Gasteiger partial charge < -0.3 is 9.29 Å². The molecule has 1 aliphatic rings. The predicted octanol–water partition coefficient (Wildman–Crippen LogP) is -0.736. The van der Waals surface area contributed by atoms with E-state index in [2.05, 4.69) is 4.74 Å². The van der Waals surface area contributed by atoms with Gasteiger partial charge in [0.2, 0.25) is 0 Å². The molecule has 1 aliphatic heterocycles. The lowest BCUT2D eigenvalue weighted by Gasteiger charge is -1.97. The molecule has 7 heavy (non-hydrogen) atoms. The minimum atomic E-state index is -1.91. The predicted molar refractivity (Wildman–Crippen MR) is 23.5 cm³/mol. The molecule has 2 unspecified atom stereocenters. The van der Waals surface area contributed by atoms with Gasteiger partial charge in [0.15, 0.2) is 0 Å². The van der Waals surface area contributed by atoms with Crippen molar-refractivity contribution in [3.8, 4) is 0 Å². The zero-order chi connectivity index (χ0) is 5.28. The fourth-order valence-electron chi connectivity index (χ4n) is 0.316. The molecule has 1 heterocycles. The van der Waals surface area contributed by atoms with Crippen LogP contribution >= 0.6 is 0 Å². The van der Waals surface area contributed by atoms with Gasteiger partial charge in [-0.1, -0.05) is 11.1 Å². The Labute approximate surface area is 44.0 Å². The topological polar surface area (TPSA) is 52.7 Å². The number of epoxide rings is 1. The van der Waals surface area contributed by atoms with Crippen LogP contribution in [0.15, 0.2) is 0 Å². The summed E-state index contributed by atoms with van der Waals surface area (Å²) in [6.07, 6.45) is 0.0123. The Balaban J connectivity index is 2.08. The van der Waals surface area contributed by atoms with Crippen molar-refractivity contribution < 1.29 is 13.5 Å². The lowest BCUT2D eigenvalue weighted by molar-refractivity contribution is 0.420. The third-order valence-corrected chi connectivity index (χ3v) is 1.37. The Kier molecular flexibility index (Phi) is 1.41. The van der Waals surface area contributed by atoms with E-state index in [4.69, 9.17) is 0 Å². The SMILES string of the molecule is O=S([O-])CC1CO1. The Morgan fingerprint density at radius 1 is 2.00 bits per heavy atom. The maximum absolute atomic E-state index is 9.77. The first-order valence-electron chi connectivity index (χ1n) is 1.96. The molecule has 2 atom stereocenters. The first-order chi connectivity index (χ1) is 3.29. The lowest BCUT2D eigenvalue weighted by atomic mass is 10.6. The highest BCUT2D eigenvalue weighted by Gasteiger charge is 2.21. The molecule has 0 aromatic carbocycles. The van der Waals surface area contributed by atoms with Gasteiger partial charge in [0, 0.05) is 5.75 Å². The molecule has 0 bridgehead atoms. The summed E-state index contributed by atoms with van der Waals surface area (Å²) in [5, 5.41) is 0. The first-order valence-corrected chi connectivity index (χ1v) is 3.21. The molecule has 0 aromatic rings. The van der Waals surface area contributed by atoms with Crippen LogP contribution in [0.4, 0.5) is 0 Å². The van der Waals surface area contributed by atoms with Gasteiger partial charge in [0.1, 0.15) is 0 Å². The normalized spacial score (nSPS) is 32.4. The van der Waals surface area contributed by atoms with E-state index in [0.717, 1.165) is 0 Å². The van der Waals surface area contributed by atoms with Crippen LogP contribution in [0.25, 0.3) is 0 Å². The van der Waals surface area contributed by atoms with Gasteiger partial charge >= 0.3 is 0 Å². The van der Waals surface area contributed by atoms with Crippen LogP contribution in [0.1, 0.15) is 0 Å². The number of hydrogen-bond acceptors (Lipinski definition) is 3.